The number of hydrogen-bond acceptors (Lipinski definition) is 5. The van der Waals surface area contributed by atoms with Crippen molar-refractivity contribution in [3.63, 3.8) is 0 Å². The first kappa shape index (κ1) is 20.8. The normalized spacial score (nSPS) is 10.8. The molecule has 7 nitrogen and oxygen atoms in total. The lowest BCUT2D eigenvalue weighted by atomic mass is 10.3. The van der Waals surface area contributed by atoms with E-state index in [1.165, 1.54) is 0 Å². The van der Waals surface area contributed by atoms with Gasteiger partial charge in [0.25, 0.3) is 5.91 Å². The van der Waals surface area contributed by atoms with Gasteiger partial charge in [-0.3, -0.25) is 9.48 Å². The molecule has 0 atom stereocenters. The summed E-state index contributed by atoms with van der Waals surface area (Å²) < 4.78 is 18.3. The predicted octanol–water partition coefficient (Wildman–Crippen LogP) is 4.15. The highest BCUT2D eigenvalue weighted by atomic mass is 35.5. The van der Waals surface area contributed by atoms with E-state index in [0.29, 0.717) is 35.4 Å². The highest BCUT2D eigenvalue weighted by Gasteiger charge is 2.12. The van der Waals surface area contributed by atoms with Gasteiger partial charge in [-0.2, -0.15) is 5.10 Å². The number of amides is 1. The zero-order chi connectivity index (χ0) is 20.8. The number of halogens is 1. The Balaban J connectivity index is 1.44. The van der Waals surface area contributed by atoms with Crippen LogP contribution in [0.15, 0.2) is 40.8 Å². The van der Waals surface area contributed by atoms with Crippen LogP contribution in [0.4, 0.5) is 0 Å². The monoisotopic (exact) mass is 417 g/mol. The minimum Gasteiger partial charge on any atom is -0.497 e. The van der Waals surface area contributed by atoms with Gasteiger partial charge in [0.05, 0.1) is 23.5 Å². The van der Waals surface area contributed by atoms with Gasteiger partial charge >= 0.3 is 0 Å². The highest BCUT2D eigenvalue weighted by molar-refractivity contribution is 6.31. The third-order valence-electron chi connectivity index (χ3n) is 4.43. The Labute approximate surface area is 174 Å². The van der Waals surface area contributed by atoms with E-state index >= 15 is 0 Å². The number of aryl methyl sites for hydroxylation is 2. The van der Waals surface area contributed by atoms with Crippen LogP contribution in [0.3, 0.4) is 0 Å². The van der Waals surface area contributed by atoms with Crippen LogP contribution < -0.4 is 14.8 Å². The standard InChI is InChI=1S/C21H24ClN3O4/c1-14-20(22)15(2)25(24-14)11-5-10-23-21(26)19-9-8-18(29-19)13-28-17-7-4-6-16(12-17)27-3/h4,6-9,12H,5,10-11,13H2,1-3H3,(H,23,26). The Morgan fingerprint density at radius 1 is 1.24 bits per heavy atom. The second kappa shape index (κ2) is 9.52. The summed E-state index contributed by atoms with van der Waals surface area (Å²) in [5, 5.41) is 7.91. The Bertz CT molecular complexity index is 980. The summed E-state index contributed by atoms with van der Waals surface area (Å²) in [7, 11) is 1.60. The number of benzene rings is 1. The first-order chi connectivity index (χ1) is 14.0. The lowest BCUT2D eigenvalue weighted by Gasteiger charge is -2.06. The summed E-state index contributed by atoms with van der Waals surface area (Å²) >= 11 is 6.14. The molecule has 0 saturated heterocycles. The molecule has 2 aromatic heterocycles. The number of aromatic nitrogens is 2. The second-order valence-corrected chi connectivity index (χ2v) is 6.93. The van der Waals surface area contributed by atoms with Crippen molar-refractivity contribution in [3.8, 4) is 11.5 Å². The van der Waals surface area contributed by atoms with Gasteiger partial charge in [0.2, 0.25) is 0 Å². The van der Waals surface area contributed by atoms with Crippen molar-refractivity contribution in [3.05, 3.63) is 64.3 Å². The van der Waals surface area contributed by atoms with E-state index in [1.807, 2.05) is 36.7 Å². The first-order valence-corrected chi connectivity index (χ1v) is 9.69. The van der Waals surface area contributed by atoms with Crippen LogP contribution in [-0.2, 0) is 13.2 Å². The lowest BCUT2D eigenvalue weighted by molar-refractivity contribution is 0.0921. The van der Waals surface area contributed by atoms with E-state index in [-0.39, 0.29) is 18.3 Å². The van der Waals surface area contributed by atoms with E-state index in [0.717, 1.165) is 17.8 Å². The largest absolute Gasteiger partial charge is 0.497 e. The Morgan fingerprint density at radius 3 is 2.76 bits per heavy atom. The van der Waals surface area contributed by atoms with Gasteiger partial charge in [0, 0.05) is 19.2 Å². The van der Waals surface area contributed by atoms with E-state index in [2.05, 4.69) is 10.4 Å². The van der Waals surface area contributed by atoms with Crippen LogP contribution in [0.5, 0.6) is 11.5 Å². The number of hydrogen-bond donors (Lipinski definition) is 1. The number of carbonyl (C=O) groups is 1. The van der Waals surface area contributed by atoms with Gasteiger partial charge < -0.3 is 19.2 Å². The molecule has 29 heavy (non-hydrogen) atoms. The molecule has 154 valence electrons. The van der Waals surface area contributed by atoms with Crippen LogP contribution in [0.1, 0.15) is 34.1 Å². The maximum Gasteiger partial charge on any atom is 0.286 e. The molecule has 1 N–H and O–H groups in total. The molecule has 8 heteroatoms. The molecular weight excluding hydrogens is 394 g/mol. The van der Waals surface area contributed by atoms with Crippen LogP contribution in [0.2, 0.25) is 5.02 Å². The number of nitrogens with zero attached hydrogens (tertiary/aromatic N) is 2. The zero-order valence-electron chi connectivity index (χ0n) is 16.7. The maximum atomic E-state index is 12.2. The van der Waals surface area contributed by atoms with E-state index in [4.69, 9.17) is 25.5 Å². The molecule has 0 aliphatic heterocycles. The molecule has 2 heterocycles. The molecule has 1 aromatic carbocycles. The average molecular weight is 418 g/mol. The molecule has 3 aromatic rings. The molecular formula is C21H24ClN3O4. The van der Waals surface area contributed by atoms with Crippen molar-refractivity contribution < 1.29 is 18.7 Å². The molecule has 0 fully saturated rings. The van der Waals surface area contributed by atoms with Crippen molar-refractivity contribution in [2.75, 3.05) is 13.7 Å². The second-order valence-electron chi connectivity index (χ2n) is 6.55. The summed E-state index contributed by atoms with van der Waals surface area (Å²) in [4.78, 5) is 12.2. The van der Waals surface area contributed by atoms with Gasteiger partial charge in [0.1, 0.15) is 23.9 Å². The number of furan rings is 1. The van der Waals surface area contributed by atoms with Crippen LogP contribution in [0.25, 0.3) is 0 Å². The quantitative estimate of drug-likeness (QED) is 0.529. The number of ether oxygens (including phenoxy) is 2. The fraction of sp³-hybridized carbons (Fsp3) is 0.333. The zero-order valence-corrected chi connectivity index (χ0v) is 17.5. The first-order valence-electron chi connectivity index (χ1n) is 9.31. The van der Waals surface area contributed by atoms with Crippen molar-refractivity contribution in [1.82, 2.24) is 15.1 Å². The molecule has 0 bridgehead atoms. The smallest absolute Gasteiger partial charge is 0.286 e. The summed E-state index contributed by atoms with van der Waals surface area (Å²) in [5.74, 6) is 1.93. The number of nitrogens with one attached hydrogen (secondary N) is 1. The predicted molar refractivity (Wildman–Crippen MR) is 110 cm³/mol. The molecule has 0 spiro atoms. The summed E-state index contributed by atoms with van der Waals surface area (Å²) in [6.45, 7) is 5.21. The lowest BCUT2D eigenvalue weighted by Crippen LogP contribution is -2.25. The molecule has 0 aliphatic carbocycles. The maximum absolute atomic E-state index is 12.2. The highest BCUT2D eigenvalue weighted by Crippen LogP contribution is 2.21. The average Bonchev–Trinajstić information content (AvgIpc) is 3.30. The fourth-order valence-electron chi connectivity index (χ4n) is 2.83. The number of methoxy groups -OCH3 is 1. The third kappa shape index (κ3) is 5.32. The number of carbonyl (C=O) groups excluding carboxylic acids is 1. The molecule has 0 saturated carbocycles. The van der Waals surface area contributed by atoms with Gasteiger partial charge in [0.15, 0.2) is 5.76 Å². The Kier molecular flexibility index (Phi) is 6.82. The van der Waals surface area contributed by atoms with Crippen molar-refractivity contribution in [1.29, 1.82) is 0 Å². The number of rotatable bonds is 9. The van der Waals surface area contributed by atoms with E-state index in [9.17, 15) is 4.79 Å². The summed E-state index contributed by atoms with van der Waals surface area (Å²) in [5.41, 5.74) is 1.75. The molecule has 0 unspecified atom stereocenters. The molecule has 0 radical (unpaired) electrons. The summed E-state index contributed by atoms with van der Waals surface area (Å²) in [6, 6.07) is 10.7. The molecule has 3 rings (SSSR count). The van der Waals surface area contributed by atoms with Gasteiger partial charge in [-0.25, -0.2) is 0 Å². The van der Waals surface area contributed by atoms with Crippen molar-refractivity contribution in [2.45, 2.75) is 33.4 Å². The third-order valence-corrected chi connectivity index (χ3v) is 4.98. The SMILES string of the molecule is COc1cccc(OCc2ccc(C(=O)NCCCn3nc(C)c(Cl)c3C)o2)c1. The van der Waals surface area contributed by atoms with Crippen LogP contribution in [0, 0.1) is 13.8 Å². The van der Waals surface area contributed by atoms with E-state index in [1.54, 1.807) is 25.3 Å². The Hall–Kier alpha value is -2.93. The minimum atomic E-state index is -0.260. The van der Waals surface area contributed by atoms with Crippen molar-refractivity contribution >= 4 is 17.5 Å². The minimum absolute atomic E-state index is 0.221. The topological polar surface area (TPSA) is 78.5 Å². The van der Waals surface area contributed by atoms with Gasteiger partial charge in [-0.05, 0) is 44.5 Å². The van der Waals surface area contributed by atoms with Crippen LogP contribution in [-0.4, -0.2) is 29.3 Å². The van der Waals surface area contributed by atoms with E-state index < -0.39 is 0 Å². The van der Waals surface area contributed by atoms with Gasteiger partial charge in [-0.1, -0.05) is 17.7 Å². The van der Waals surface area contributed by atoms with Crippen molar-refractivity contribution in [2.24, 2.45) is 0 Å². The molecule has 0 aliphatic rings. The Morgan fingerprint density at radius 2 is 2.03 bits per heavy atom. The summed E-state index contributed by atoms with van der Waals surface area (Å²) in [6.07, 6.45) is 0.733. The fourth-order valence-corrected chi connectivity index (χ4v) is 2.97. The van der Waals surface area contributed by atoms with Gasteiger partial charge in [-0.15, -0.1) is 0 Å². The molecule has 1 amide bonds. The van der Waals surface area contributed by atoms with Crippen LogP contribution >= 0.6 is 11.6 Å².